The predicted molar refractivity (Wildman–Crippen MR) is 53.2 cm³/mol. The molecule has 1 heteroatoms. The number of halogens is 1. The van der Waals surface area contributed by atoms with E-state index in [4.69, 9.17) is 11.6 Å². The third-order valence-electron chi connectivity index (χ3n) is 2.23. The van der Waals surface area contributed by atoms with E-state index in [0.717, 1.165) is 5.92 Å². The first-order chi connectivity index (χ1) is 5.04. The molecule has 0 aliphatic carbocycles. The zero-order valence-corrected chi connectivity index (χ0v) is 8.99. The molecule has 0 bridgehead atoms. The lowest BCUT2D eigenvalue weighted by Crippen LogP contribution is -2.06. The van der Waals surface area contributed by atoms with Gasteiger partial charge in [0.2, 0.25) is 0 Å². The minimum Gasteiger partial charge on any atom is -0.123 e. The molecule has 0 heterocycles. The lowest BCUT2D eigenvalue weighted by Gasteiger charge is -2.13. The van der Waals surface area contributed by atoms with Crippen LogP contribution in [0.25, 0.3) is 0 Å². The van der Waals surface area contributed by atoms with E-state index in [9.17, 15) is 0 Å². The van der Waals surface area contributed by atoms with Crippen LogP contribution in [0.1, 0.15) is 47.0 Å². The van der Waals surface area contributed by atoms with Gasteiger partial charge in [-0.1, -0.05) is 33.6 Å². The van der Waals surface area contributed by atoms with Crippen LogP contribution in [0.4, 0.5) is 0 Å². The average Bonchev–Trinajstić information content (AvgIpc) is 1.86. The fourth-order valence-electron chi connectivity index (χ4n) is 1.08. The average molecular weight is 177 g/mol. The van der Waals surface area contributed by atoms with Crippen molar-refractivity contribution in [3.8, 4) is 0 Å². The minimum atomic E-state index is 0.335. The van der Waals surface area contributed by atoms with E-state index in [1.807, 2.05) is 0 Å². The monoisotopic (exact) mass is 176 g/mol. The van der Waals surface area contributed by atoms with Gasteiger partial charge < -0.3 is 0 Å². The van der Waals surface area contributed by atoms with Gasteiger partial charge in [-0.15, -0.1) is 11.6 Å². The predicted octanol–water partition coefficient (Wildman–Crippen LogP) is 4.08. The van der Waals surface area contributed by atoms with E-state index in [2.05, 4.69) is 27.7 Å². The van der Waals surface area contributed by atoms with Gasteiger partial charge in [0.15, 0.2) is 0 Å². The van der Waals surface area contributed by atoms with Crippen LogP contribution in [-0.4, -0.2) is 5.38 Å². The van der Waals surface area contributed by atoms with Crippen LogP contribution in [-0.2, 0) is 0 Å². The van der Waals surface area contributed by atoms with Crippen molar-refractivity contribution in [2.45, 2.75) is 52.3 Å². The second kappa shape index (κ2) is 5.88. The van der Waals surface area contributed by atoms with Gasteiger partial charge in [-0.25, -0.2) is 0 Å². The van der Waals surface area contributed by atoms with Crippen molar-refractivity contribution in [3.05, 3.63) is 0 Å². The number of alkyl halides is 1. The summed E-state index contributed by atoms with van der Waals surface area (Å²) >= 11 is 5.94. The Hall–Kier alpha value is 0.290. The molecule has 11 heavy (non-hydrogen) atoms. The maximum atomic E-state index is 5.94. The summed E-state index contributed by atoms with van der Waals surface area (Å²) in [5.74, 6) is 1.52. The molecule has 0 fully saturated rings. The fraction of sp³-hybridized carbons (Fsp3) is 1.00. The number of rotatable bonds is 5. The van der Waals surface area contributed by atoms with Crippen LogP contribution in [0.15, 0.2) is 0 Å². The van der Waals surface area contributed by atoms with Crippen molar-refractivity contribution in [2.24, 2.45) is 11.8 Å². The van der Waals surface area contributed by atoms with E-state index in [1.54, 1.807) is 0 Å². The van der Waals surface area contributed by atoms with E-state index in [-0.39, 0.29) is 0 Å². The summed E-state index contributed by atoms with van der Waals surface area (Å²) in [4.78, 5) is 0. The second-order valence-corrected chi connectivity index (χ2v) is 4.67. The summed E-state index contributed by atoms with van der Waals surface area (Å²) in [6.07, 6.45) is 3.95. The molecule has 2 unspecified atom stereocenters. The molecule has 0 N–H and O–H groups in total. The van der Waals surface area contributed by atoms with Crippen LogP contribution in [0.2, 0.25) is 0 Å². The van der Waals surface area contributed by atoms with Crippen molar-refractivity contribution in [3.63, 3.8) is 0 Å². The Balaban J connectivity index is 3.24. The zero-order chi connectivity index (χ0) is 8.85. The Morgan fingerprint density at radius 1 is 1.00 bits per heavy atom. The normalized spacial score (nSPS) is 16.9. The minimum absolute atomic E-state index is 0.335. The SMILES string of the molecule is CC(C)CCCC(C)C(C)Cl. The van der Waals surface area contributed by atoms with Crippen LogP contribution >= 0.6 is 11.6 Å². The van der Waals surface area contributed by atoms with Gasteiger partial charge in [0.25, 0.3) is 0 Å². The highest BCUT2D eigenvalue weighted by Gasteiger charge is 2.08. The summed E-state index contributed by atoms with van der Waals surface area (Å²) in [7, 11) is 0. The van der Waals surface area contributed by atoms with Gasteiger partial charge in [0, 0.05) is 5.38 Å². The van der Waals surface area contributed by atoms with E-state index in [1.165, 1.54) is 19.3 Å². The molecule has 0 spiro atoms. The molecule has 0 rings (SSSR count). The van der Waals surface area contributed by atoms with Crippen LogP contribution in [0.5, 0.6) is 0 Å². The van der Waals surface area contributed by atoms with E-state index in [0.29, 0.717) is 11.3 Å². The molecular formula is C10H21Cl. The third-order valence-corrected chi connectivity index (χ3v) is 2.66. The second-order valence-electron chi connectivity index (χ2n) is 3.98. The standard InChI is InChI=1S/C10H21Cl/c1-8(2)6-5-7-9(3)10(4)11/h8-10H,5-7H2,1-4H3. The van der Waals surface area contributed by atoms with Crippen molar-refractivity contribution in [1.29, 1.82) is 0 Å². The van der Waals surface area contributed by atoms with Gasteiger partial charge in [-0.05, 0) is 25.2 Å². The summed E-state index contributed by atoms with van der Waals surface area (Å²) in [6.45, 7) is 8.86. The summed E-state index contributed by atoms with van der Waals surface area (Å²) in [6, 6.07) is 0. The zero-order valence-electron chi connectivity index (χ0n) is 8.23. The van der Waals surface area contributed by atoms with Crippen LogP contribution in [0.3, 0.4) is 0 Å². The molecule has 0 aromatic heterocycles. The summed E-state index contributed by atoms with van der Waals surface area (Å²) in [5.41, 5.74) is 0. The maximum absolute atomic E-state index is 5.94. The van der Waals surface area contributed by atoms with Crippen molar-refractivity contribution < 1.29 is 0 Å². The molecule has 0 saturated heterocycles. The molecule has 0 radical (unpaired) electrons. The van der Waals surface area contributed by atoms with Gasteiger partial charge in [0.05, 0.1) is 0 Å². The van der Waals surface area contributed by atoms with E-state index >= 15 is 0 Å². The largest absolute Gasteiger partial charge is 0.123 e. The molecule has 0 nitrogen and oxygen atoms in total. The summed E-state index contributed by atoms with van der Waals surface area (Å²) < 4.78 is 0. The molecule has 2 atom stereocenters. The number of hydrogen-bond donors (Lipinski definition) is 0. The van der Waals surface area contributed by atoms with Gasteiger partial charge in [-0.3, -0.25) is 0 Å². The van der Waals surface area contributed by atoms with E-state index < -0.39 is 0 Å². The lowest BCUT2D eigenvalue weighted by atomic mass is 9.98. The van der Waals surface area contributed by atoms with Gasteiger partial charge >= 0.3 is 0 Å². The Bertz CT molecular complexity index is 86.9. The molecule has 0 aromatic rings. The smallest absolute Gasteiger partial charge is 0.0333 e. The first kappa shape index (κ1) is 11.3. The molecule has 0 saturated carbocycles. The quantitative estimate of drug-likeness (QED) is 0.554. The summed E-state index contributed by atoms with van der Waals surface area (Å²) in [5, 5.41) is 0.335. The van der Waals surface area contributed by atoms with Crippen molar-refractivity contribution in [2.75, 3.05) is 0 Å². The molecule has 0 aromatic carbocycles. The highest BCUT2D eigenvalue weighted by molar-refractivity contribution is 6.20. The Kier molecular flexibility index (Phi) is 6.03. The third kappa shape index (κ3) is 6.68. The fourth-order valence-corrected chi connectivity index (χ4v) is 1.20. The first-order valence-electron chi connectivity index (χ1n) is 4.68. The topological polar surface area (TPSA) is 0 Å². The first-order valence-corrected chi connectivity index (χ1v) is 5.11. The Morgan fingerprint density at radius 2 is 1.55 bits per heavy atom. The Labute approximate surface area is 76.3 Å². The molecular weight excluding hydrogens is 156 g/mol. The highest BCUT2D eigenvalue weighted by Crippen LogP contribution is 2.18. The van der Waals surface area contributed by atoms with Crippen LogP contribution in [0, 0.1) is 11.8 Å². The molecule has 0 aliphatic rings. The maximum Gasteiger partial charge on any atom is 0.0333 e. The number of hydrogen-bond acceptors (Lipinski definition) is 0. The lowest BCUT2D eigenvalue weighted by molar-refractivity contribution is 0.453. The Morgan fingerprint density at radius 3 is 1.91 bits per heavy atom. The highest BCUT2D eigenvalue weighted by atomic mass is 35.5. The molecule has 68 valence electrons. The van der Waals surface area contributed by atoms with Crippen molar-refractivity contribution in [1.82, 2.24) is 0 Å². The van der Waals surface area contributed by atoms with Gasteiger partial charge in [0.1, 0.15) is 0 Å². The molecule has 0 aliphatic heterocycles. The molecule has 0 amide bonds. The van der Waals surface area contributed by atoms with Crippen molar-refractivity contribution >= 4 is 11.6 Å². The van der Waals surface area contributed by atoms with Gasteiger partial charge in [-0.2, -0.15) is 0 Å². The van der Waals surface area contributed by atoms with Crippen LogP contribution < -0.4 is 0 Å².